The number of ether oxygens (including phenoxy) is 2. The van der Waals surface area contributed by atoms with Gasteiger partial charge in [0.2, 0.25) is 0 Å². The van der Waals surface area contributed by atoms with Crippen molar-refractivity contribution in [2.24, 2.45) is 35.5 Å². The number of methoxy groups -OCH3 is 2. The van der Waals surface area contributed by atoms with Gasteiger partial charge in [-0.15, -0.1) is 0 Å². The van der Waals surface area contributed by atoms with Crippen molar-refractivity contribution in [2.45, 2.75) is 51.4 Å². The monoisotopic (exact) mass is 356 g/mol. The summed E-state index contributed by atoms with van der Waals surface area (Å²) in [7, 11) is 2.88. The minimum absolute atomic E-state index is 0.106. The van der Waals surface area contributed by atoms with Crippen LogP contribution in [-0.4, -0.2) is 26.2 Å². The van der Waals surface area contributed by atoms with E-state index in [1.165, 1.54) is 39.9 Å². The molecule has 4 nitrogen and oxygen atoms in total. The standard InChI is InChI=1S/C22H28O4/c1-25-21(23)19-17(13-7-8-13)15(11-3-4-11)16(12-5-6-12)18(14-9-10-14)20(19)22(24)26-2/h11-14,17-18H,3-10H2,1-2H3/t17-,18+. The van der Waals surface area contributed by atoms with Gasteiger partial charge in [-0.05, 0) is 75.0 Å². The van der Waals surface area contributed by atoms with Gasteiger partial charge in [-0.1, -0.05) is 11.1 Å². The molecule has 2 atom stereocenters. The highest BCUT2D eigenvalue weighted by Gasteiger charge is 2.55. The van der Waals surface area contributed by atoms with E-state index in [2.05, 4.69) is 0 Å². The number of rotatable bonds is 6. The molecule has 4 saturated carbocycles. The molecule has 0 saturated heterocycles. The number of esters is 2. The van der Waals surface area contributed by atoms with Crippen molar-refractivity contribution >= 4 is 11.9 Å². The Morgan fingerprint density at radius 2 is 1.00 bits per heavy atom. The fraction of sp³-hybridized carbons (Fsp3) is 0.727. The van der Waals surface area contributed by atoms with E-state index in [9.17, 15) is 9.59 Å². The number of hydrogen-bond donors (Lipinski definition) is 0. The fourth-order valence-electron chi connectivity index (χ4n) is 5.31. The Balaban J connectivity index is 1.72. The highest BCUT2D eigenvalue weighted by Crippen LogP contribution is 2.63. The molecule has 0 radical (unpaired) electrons. The maximum atomic E-state index is 12.9. The first-order valence-corrected chi connectivity index (χ1v) is 10.3. The quantitative estimate of drug-likeness (QED) is 0.536. The van der Waals surface area contributed by atoms with Crippen LogP contribution in [0.25, 0.3) is 0 Å². The summed E-state index contributed by atoms with van der Waals surface area (Å²) in [4.78, 5) is 25.8. The van der Waals surface area contributed by atoms with Crippen LogP contribution in [0, 0.1) is 35.5 Å². The summed E-state index contributed by atoms with van der Waals surface area (Å²) < 4.78 is 10.4. The molecule has 0 unspecified atom stereocenters. The van der Waals surface area contributed by atoms with Gasteiger partial charge in [0.1, 0.15) is 0 Å². The average Bonchev–Trinajstić information content (AvgIpc) is 3.52. The maximum absolute atomic E-state index is 12.9. The molecule has 0 aromatic heterocycles. The summed E-state index contributed by atoms with van der Waals surface area (Å²) in [5.41, 5.74) is 4.43. The van der Waals surface area contributed by atoms with Gasteiger partial charge >= 0.3 is 11.9 Å². The van der Waals surface area contributed by atoms with Crippen molar-refractivity contribution in [1.29, 1.82) is 0 Å². The summed E-state index contributed by atoms with van der Waals surface area (Å²) in [6, 6.07) is 0. The Bertz CT molecular complexity index is 654. The molecule has 5 aliphatic rings. The summed E-state index contributed by atoms with van der Waals surface area (Å²) in [6.45, 7) is 0. The van der Waals surface area contributed by atoms with Gasteiger partial charge in [0.25, 0.3) is 0 Å². The normalized spacial score (nSPS) is 31.9. The van der Waals surface area contributed by atoms with Crippen molar-refractivity contribution < 1.29 is 19.1 Å². The van der Waals surface area contributed by atoms with Crippen molar-refractivity contribution in [2.75, 3.05) is 14.2 Å². The number of carbonyl (C=O) groups is 2. The Kier molecular flexibility index (Phi) is 3.81. The van der Waals surface area contributed by atoms with Gasteiger partial charge in [-0.3, -0.25) is 0 Å². The summed E-state index contributed by atoms with van der Waals surface area (Å²) in [5, 5.41) is 0. The van der Waals surface area contributed by atoms with Crippen LogP contribution >= 0.6 is 0 Å². The minimum Gasteiger partial charge on any atom is -0.466 e. The van der Waals surface area contributed by atoms with E-state index < -0.39 is 0 Å². The zero-order valence-electron chi connectivity index (χ0n) is 15.8. The van der Waals surface area contributed by atoms with Crippen LogP contribution in [0.2, 0.25) is 0 Å². The number of carbonyl (C=O) groups excluding carboxylic acids is 2. The summed E-state index contributed by atoms with van der Waals surface area (Å²) in [6.07, 6.45) is 9.60. The molecule has 0 N–H and O–H groups in total. The predicted octanol–water partition coefficient (Wildman–Crippen LogP) is 3.81. The van der Waals surface area contributed by atoms with E-state index in [0.29, 0.717) is 34.8 Å². The molecule has 0 bridgehead atoms. The zero-order valence-corrected chi connectivity index (χ0v) is 15.8. The number of allylic oxidation sites excluding steroid dienone is 2. The lowest BCUT2D eigenvalue weighted by Crippen LogP contribution is -2.35. The van der Waals surface area contributed by atoms with E-state index in [4.69, 9.17) is 9.47 Å². The topological polar surface area (TPSA) is 52.6 Å². The highest BCUT2D eigenvalue weighted by molar-refractivity contribution is 6.03. The maximum Gasteiger partial charge on any atom is 0.334 e. The zero-order chi connectivity index (χ0) is 18.0. The molecule has 26 heavy (non-hydrogen) atoms. The molecule has 4 fully saturated rings. The third-order valence-electron chi connectivity index (χ3n) is 6.95. The van der Waals surface area contributed by atoms with E-state index in [1.54, 1.807) is 11.1 Å². The van der Waals surface area contributed by atoms with Gasteiger partial charge in [0, 0.05) is 11.8 Å². The molecule has 0 heterocycles. The van der Waals surface area contributed by atoms with Crippen LogP contribution in [0.15, 0.2) is 22.3 Å². The average molecular weight is 356 g/mol. The Labute approximate surface area is 155 Å². The molecular weight excluding hydrogens is 328 g/mol. The third kappa shape index (κ3) is 2.64. The first kappa shape index (κ1) is 16.6. The molecule has 140 valence electrons. The van der Waals surface area contributed by atoms with Gasteiger partial charge in [-0.2, -0.15) is 0 Å². The van der Waals surface area contributed by atoms with Gasteiger partial charge in [0.15, 0.2) is 0 Å². The van der Waals surface area contributed by atoms with Gasteiger partial charge in [-0.25, -0.2) is 9.59 Å². The van der Waals surface area contributed by atoms with Crippen LogP contribution in [-0.2, 0) is 19.1 Å². The predicted molar refractivity (Wildman–Crippen MR) is 96.0 cm³/mol. The Morgan fingerprint density at radius 3 is 1.23 bits per heavy atom. The second-order valence-electron chi connectivity index (χ2n) is 8.90. The molecule has 4 heteroatoms. The lowest BCUT2D eigenvalue weighted by Gasteiger charge is -2.37. The molecule has 0 aromatic rings. The SMILES string of the molecule is COC(=O)C1=C(C(=O)OC)[C@H](C2CC2)C(C2CC2)=C(C2CC2)[C@@H]1C1CC1. The van der Waals surface area contributed by atoms with Crippen molar-refractivity contribution in [3.8, 4) is 0 Å². The van der Waals surface area contributed by atoms with Crippen molar-refractivity contribution in [3.63, 3.8) is 0 Å². The van der Waals surface area contributed by atoms with Gasteiger partial charge in [0.05, 0.1) is 25.4 Å². The first-order valence-electron chi connectivity index (χ1n) is 10.3. The smallest absolute Gasteiger partial charge is 0.334 e. The van der Waals surface area contributed by atoms with Crippen LogP contribution in [0.5, 0.6) is 0 Å². The van der Waals surface area contributed by atoms with E-state index >= 15 is 0 Å². The molecule has 0 amide bonds. The molecular formula is C22H28O4. The molecule has 0 spiro atoms. The Morgan fingerprint density at radius 1 is 0.654 bits per heavy atom. The Hall–Kier alpha value is -1.58. The van der Waals surface area contributed by atoms with E-state index in [0.717, 1.165) is 25.7 Å². The van der Waals surface area contributed by atoms with Crippen molar-refractivity contribution in [1.82, 2.24) is 0 Å². The lowest BCUT2D eigenvalue weighted by molar-refractivity contribution is -0.140. The minimum atomic E-state index is -0.305. The molecule has 5 rings (SSSR count). The molecule has 0 aliphatic heterocycles. The van der Waals surface area contributed by atoms with Crippen LogP contribution < -0.4 is 0 Å². The summed E-state index contributed by atoms with van der Waals surface area (Å²) >= 11 is 0. The molecule has 5 aliphatic carbocycles. The highest BCUT2D eigenvalue weighted by atomic mass is 16.5. The van der Waals surface area contributed by atoms with Gasteiger partial charge < -0.3 is 9.47 Å². The number of hydrogen-bond acceptors (Lipinski definition) is 4. The largest absolute Gasteiger partial charge is 0.466 e. The van der Waals surface area contributed by atoms with E-state index in [-0.39, 0.29) is 23.8 Å². The fourth-order valence-corrected chi connectivity index (χ4v) is 5.31. The summed E-state index contributed by atoms with van der Waals surface area (Å²) in [5.74, 6) is 1.89. The molecule has 0 aromatic carbocycles. The lowest BCUT2D eigenvalue weighted by atomic mass is 9.66. The van der Waals surface area contributed by atoms with Crippen LogP contribution in [0.3, 0.4) is 0 Å². The van der Waals surface area contributed by atoms with E-state index in [1.807, 2.05) is 0 Å². The van der Waals surface area contributed by atoms with Crippen molar-refractivity contribution in [3.05, 3.63) is 22.3 Å². The first-order chi connectivity index (χ1) is 12.7. The van der Waals surface area contributed by atoms with Crippen LogP contribution in [0.4, 0.5) is 0 Å². The van der Waals surface area contributed by atoms with Crippen LogP contribution in [0.1, 0.15) is 51.4 Å². The second-order valence-corrected chi connectivity index (χ2v) is 8.90. The second kappa shape index (κ2) is 5.97. The third-order valence-corrected chi connectivity index (χ3v) is 6.95.